The molecule has 0 N–H and O–H groups in total. The van der Waals surface area contributed by atoms with Crippen LogP contribution < -0.4 is 0 Å². The molecule has 0 aromatic carbocycles. The normalized spacial score (nSPS) is 10.6. The van der Waals surface area contributed by atoms with Gasteiger partial charge in [0.05, 0.1) is 10.2 Å². The quantitative estimate of drug-likeness (QED) is 0.737. The van der Waals surface area contributed by atoms with Crippen LogP contribution in [0.5, 0.6) is 0 Å². The van der Waals surface area contributed by atoms with Crippen molar-refractivity contribution in [2.75, 3.05) is 0 Å². The first-order valence-electron chi connectivity index (χ1n) is 3.59. The van der Waals surface area contributed by atoms with Crippen LogP contribution in [0.15, 0.2) is 16.0 Å². The van der Waals surface area contributed by atoms with Crippen molar-refractivity contribution in [1.82, 2.24) is 9.97 Å². The van der Waals surface area contributed by atoms with Crippen molar-refractivity contribution in [3.63, 3.8) is 0 Å². The Morgan fingerprint density at radius 3 is 3.08 bits per heavy atom. The molecule has 0 atom stereocenters. The van der Waals surface area contributed by atoms with Crippen LogP contribution in [0.4, 0.5) is 0 Å². The number of thiazole rings is 1. The lowest BCUT2D eigenvalue weighted by Crippen LogP contribution is -1.97. The Morgan fingerprint density at radius 1 is 1.62 bits per heavy atom. The van der Waals surface area contributed by atoms with Gasteiger partial charge in [0, 0.05) is 11.4 Å². The average molecular weight is 257 g/mol. The summed E-state index contributed by atoms with van der Waals surface area (Å²) < 4.78 is 1.72. The molecule has 0 spiro atoms. The first-order valence-corrected chi connectivity index (χ1v) is 5.26. The predicted molar refractivity (Wildman–Crippen MR) is 55.1 cm³/mol. The van der Waals surface area contributed by atoms with Gasteiger partial charge in [0.2, 0.25) is 0 Å². The van der Waals surface area contributed by atoms with Crippen LogP contribution in [0.3, 0.4) is 0 Å². The molecule has 0 radical (unpaired) electrons. The standard InChI is InChI=1S/C8H5BrN2OS/c1-4(12)7-5(9)2-6-8(11-7)10-3-13-6/h2-3H,1H3. The first-order chi connectivity index (χ1) is 6.18. The lowest BCUT2D eigenvalue weighted by atomic mass is 10.3. The molecule has 0 fully saturated rings. The minimum absolute atomic E-state index is 0.0539. The molecule has 0 aliphatic rings. The van der Waals surface area contributed by atoms with Crippen LogP contribution in [0.2, 0.25) is 0 Å². The van der Waals surface area contributed by atoms with Gasteiger partial charge in [-0.1, -0.05) is 0 Å². The van der Waals surface area contributed by atoms with Gasteiger partial charge in [-0.3, -0.25) is 4.79 Å². The number of pyridine rings is 1. The van der Waals surface area contributed by atoms with Crippen LogP contribution in [-0.2, 0) is 0 Å². The topological polar surface area (TPSA) is 42.9 Å². The average Bonchev–Trinajstić information content (AvgIpc) is 2.48. The summed E-state index contributed by atoms with van der Waals surface area (Å²) in [6.45, 7) is 1.49. The second-order valence-electron chi connectivity index (χ2n) is 2.55. The third kappa shape index (κ3) is 1.49. The van der Waals surface area contributed by atoms with Gasteiger partial charge in [0.1, 0.15) is 5.69 Å². The van der Waals surface area contributed by atoms with Gasteiger partial charge in [-0.15, -0.1) is 11.3 Å². The lowest BCUT2D eigenvalue weighted by Gasteiger charge is -1.97. The number of rotatable bonds is 1. The minimum Gasteiger partial charge on any atom is -0.293 e. The number of fused-ring (bicyclic) bond motifs is 1. The molecule has 2 aromatic heterocycles. The number of hydrogen-bond donors (Lipinski definition) is 0. The van der Waals surface area contributed by atoms with E-state index in [1.54, 1.807) is 5.51 Å². The highest BCUT2D eigenvalue weighted by molar-refractivity contribution is 9.10. The number of Topliss-reactive ketones (excluding diaryl/α,β-unsaturated/α-hetero) is 1. The molecule has 5 heteroatoms. The van der Waals surface area contributed by atoms with Crippen LogP contribution in [0, 0.1) is 0 Å². The Morgan fingerprint density at radius 2 is 2.38 bits per heavy atom. The Hall–Kier alpha value is -0.810. The molecular weight excluding hydrogens is 252 g/mol. The van der Waals surface area contributed by atoms with E-state index in [0.29, 0.717) is 11.3 Å². The molecule has 0 aliphatic carbocycles. The van der Waals surface area contributed by atoms with E-state index in [1.165, 1.54) is 18.3 Å². The maximum absolute atomic E-state index is 11.1. The molecule has 0 aliphatic heterocycles. The van der Waals surface area contributed by atoms with Crippen LogP contribution in [0.25, 0.3) is 10.3 Å². The molecule has 2 rings (SSSR count). The number of halogens is 1. The lowest BCUT2D eigenvalue weighted by molar-refractivity contribution is 0.101. The Balaban J connectivity index is 2.76. The van der Waals surface area contributed by atoms with Crippen molar-refractivity contribution in [2.45, 2.75) is 6.92 Å². The summed E-state index contributed by atoms with van der Waals surface area (Å²) in [4.78, 5) is 19.3. The van der Waals surface area contributed by atoms with Crippen LogP contribution in [0.1, 0.15) is 17.4 Å². The number of ketones is 1. The van der Waals surface area contributed by atoms with Crippen LogP contribution in [-0.4, -0.2) is 15.8 Å². The molecule has 0 amide bonds. The maximum Gasteiger partial charge on any atom is 0.179 e. The molecule has 2 aromatic rings. The zero-order chi connectivity index (χ0) is 9.42. The summed E-state index contributed by atoms with van der Waals surface area (Å²) in [6.07, 6.45) is 0. The summed E-state index contributed by atoms with van der Waals surface area (Å²) in [7, 11) is 0. The van der Waals surface area contributed by atoms with Gasteiger partial charge in [0.15, 0.2) is 11.4 Å². The SMILES string of the molecule is CC(=O)c1nc2ncsc2cc1Br. The molecule has 2 heterocycles. The number of aromatic nitrogens is 2. The van der Waals surface area contributed by atoms with Gasteiger partial charge in [-0.05, 0) is 22.0 Å². The van der Waals surface area contributed by atoms with Crippen molar-refractivity contribution in [2.24, 2.45) is 0 Å². The second kappa shape index (κ2) is 3.16. The third-order valence-corrected chi connectivity index (χ3v) is 2.98. The molecule has 66 valence electrons. The molecule has 3 nitrogen and oxygen atoms in total. The fraction of sp³-hybridized carbons (Fsp3) is 0.125. The highest BCUT2D eigenvalue weighted by atomic mass is 79.9. The summed E-state index contributed by atoms with van der Waals surface area (Å²) in [5.74, 6) is -0.0539. The molecule has 0 unspecified atom stereocenters. The van der Waals surface area contributed by atoms with E-state index in [0.717, 1.165) is 9.17 Å². The summed E-state index contributed by atoms with van der Waals surface area (Å²) in [5, 5.41) is 0. The molecule has 0 saturated heterocycles. The maximum atomic E-state index is 11.1. The Bertz CT molecular complexity index is 480. The smallest absolute Gasteiger partial charge is 0.179 e. The second-order valence-corrected chi connectivity index (χ2v) is 4.29. The van der Waals surface area contributed by atoms with E-state index in [1.807, 2.05) is 6.07 Å². The number of carbonyl (C=O) groups is 1. The van der Waals surface area contributed by atoms with Crippen molar-refractivity contribution in [3.05, 3.63) is 21.7 Å². The minimum atomic E-state index is -0.0539. The molecule has 0 bridgehead atoms. The molecule has 0 saturated carbocycles. The fourth-order valence-corrected chi connectivity index (χ4v) is 2.43. The van der Waals surface area contributed by atoms with E-state index < -0.39 is 0 Å². The van der Waals surface area contributed by atoms with Gasteiger partial charge in [-0.2, -0.15) is 0 Å². The van der Waals surface area contributed by atoms with Crippen LogP contribution >= 0.6 is 27.3 Å². The highest BCUT2D eigenvalue weighted by Crippen LogP contribution is 2.23. The Labute approximate surface area is 87.0 Å². The third-order valence-electron chi connectivity index (χ3n) is 1.61. The van der Waals surface area contributed by atoms with Gasteiger partial charge in [0.25, 0.3) is 0 Å². The number of nitrogens with zero attached hydrogens (tertiary/aromatic N) is 2. The largest absolute Gasteiger partial charge is 0.293 e. The zero-order valence-electron chi connectivity index (χ0n) is 6.74. The first kappa shape index (κ1) is 8.77. The van der Waals surface area contributed by atoms with E-state index >= 15 is 0 Å². The summed E-state index contributed by atoms with van der Waals surface area (Å²) in [5.41, 5.74) is 2.80. The number of hydrogen-bond acceptors (Lipinski definition) is 4. The van der Waals surface area contributed by atoms with E-state index in [-0.39, 0.29) is 5.78 Å². The van der Waals surface area contributed by atoms with E-state index in [4.69, 9.17) is 0 Å². The van der Waals surface area contributed by atoms with Gasteiger partial charge in [-0.25, -0.2) is 9.97 Å². The summed E-state index contributed by atoms with van der Waals surface area (Å²) >= 11 is 4.81. The molecule has 13 heavy (non-hydrogen) atoms. The van der Waals surface area contributed by atoms with Crippen molar-refractivity contribution >= 4 is 43.4 Å². The summed E-state index contributed by atoms with van der Waals surface area (Å²) in [6, 6.07) is 1.87. The fourth-order valence-electron chi connectivity index (χ4n) is 1.02. The van der Waals surface area contributed by atoms with E-state index in [9.17, 15) is 4.79 Å². The van der Waals surface area contributed by atoms with Crippen molar-refractivity contribution in [3.8, 4) is 0 Å². The monoisotopic (exact) mass is 256 g/mol. The predicted octanol–water partition coefficient (Wildman–Crippen LogP) is 2.66. The van der Waals surface area contributed by atoms with Gasteiger partial charge >= 0.3 is 0 Å². The molecular formula is C8H5BrN2OS. The van der Waals surface area contributed by atoms with E-state index in [2.05, 4.69) is 25.9 Å². The van der Waals surface area contributed by atoms with Crippen molar-refractivity contribution in [1.29, 1.82) is 0 Å². The Kier molecular flexibility index (Phi) is 2.13. The van der Waals surface area contributed by atoms with Crippen molar-refractivity contribution < 1.29 is 4.79 Å². The van der Waals surface area contributed by atoms with Gasteiger partial charge < -0.3 is 0 Å². The number of carbonyl (C=O) groups excluding carboxylic acids is 1. The highest BCUT2D eigenvalue weighted by Gasteiger charge is 2.09. The zero-order valence-corrected chi connectivity index (χ0v) is 9.15.